The van der Waals surface area contributed by atoms with Crippen LogP contribution >= 0.6 is 0 Å². The first-order valence-corrected chi connectivity index (χ1v) is 10.8. The summed E-state index contributed by atoms with van der Waals surface area (Å²) in [4.78, 5) is 26.6. The molecule has 0 spiro atoms. The molecule has 0 aliphatic rings. The lowest BCUT2D eigenvalue weighted by Gasteiger charge is -2.17. The summed E-state index contributed by atoms with van der Waals surface area (Å²) >= 11 is 0. The minimum atomic E-state index is -0.386. The summed E-state index contributed by atoms with van der Waals surface area (Å²) in [6.45, 7) is 2.66. The van der Waals surface area contributed by atoms with E-state index in [2.05, 4.69) is 10.4 Å². The average molecular weight is 424 g/mol. The van der Waals surface area contributed by atoms with Crippen LogP contribution in [0.5, 0.6) is 0 Å². The van der Waals surface area contributed by atoms with Gasteiger partial charge in [-0.05, 0) is 24.5 Å². The van der Waals surface area contributed by atoms with Crippen LogP contribution < -0.4 is 10.9 Å². The highest BCUT2D eigenvalue weighted by Crippen LogP contribution is 2.31. The minimum absolute atomic E-state index is 0.125. The van der Waals surface area contributed by atoms with E-state index in [9.17, 15) is 9.59 Å². The minimum Gasteiger partial charge on any atom is -0.352 e. The van der Waals surface area contributed by atoms with Gasteiger partial charge in [0.05, 0.1) is 5.69 Å². The summed E-state index contributed by atoms with van der Waals surface area (Å²) in [5, 5.41) is 7.58. The van der Waals surface area contributed by atoms with Gasteiger partial charge < -0.3 is 5.32 Å². The SMILES string of the molecule is CCn1nc(-c2ccccc2)c(-c2ccccc2)c(C(=O)NCCc2ccccc2)c1=O. The van der Waals surface area contributed by atoms with Gasteiger partial charge in [0.25, 0.3) is 11.5 Å². The molecule has 5 heteroatoms. The van der Waals surface area contributed by atoms with Gasteiger partial charge in [0.2, 0.25) is 0 Å². The third kappa shape index (κ3) is 4.52. The maximum absolute atomic E-state index is 13.3. The lowest BCUT2D eigenvalue weighted by molar-refractivity contribution is 0.0952. The lowest BCUT2D eigenvalue weighted by atomic mass is 9.95. The molecule has 0 unspecified atom stereocenters. The molecule has 3 aromatic carbocycles. The van der Waals surface area contributed by atoms with E-state index in [0.717, 1.165) is 16.7 Å². The monoisotopic (exact) mass is 423 g/mol. The Balaban J connectivity index is 1.81. The molecule has 5 nitrogen and oxygen atoms in total. The fourth-order valence-corrected chi connectivity index (χ4v) is 3.73. The number of rotatable bonds is 7. The van der Waals surface area contributed by atoms with Gasteiger partial charge in [0, 0.05) is 24.2 Å². The summed E-state index contributed by atoms with van der Waals surface area (Å²) in [5.74, 6) is -0.383. The van der Waals surface area contributed by atoms with Crippen LogP contribution in [-0.2, 0) is 13.0 Å². The van der Waals surface area contributed by atoms with Crippen LogP contribution in [0.3, 0.4) is 0 Å². The van der Waals surface area contributed by atoms with E-state index in [0.29, 0.717) is 30.8 Å². The van der Waals surface area contributed by atoms with Crippen molar-refractivity contribution < 1.29 is 4.79 Å². The topological polar surface area (TPSA) is 64.0 Å². The molecule has 1 amide bonds. The number of hydrogen-bond donors (Lipinski definition) is 1. The molecule has 1 N–H and O–H groups in total. The van der Waals surface area contributed by atoms with Crippen LogP contribution in [0.4, 0.5) is 0 Å². The highest BCUT2D eigenvalue weighted by molar-refractivity contribution is 6.03. The molecule has 0 aliphatic heterocycles. The standard InChI is InChI=1S/C27H25N3O2/c1-2-30-27(32)24(26(31)28-19-18-20-12-6-3-7-13-20)23(21-14-8-4-9-15-21)25(29-30)22-16-10-5-11-17-22/h3-17H,2,18-19H2,1H3,(H,28,31). The maximum atomic E-state index is 13.3. The normalized spacial score (nSPS) is 10.7. The Morgan fingerprint density at radius 2 is 1.41 bits per heavy atom. The number of benzene rings is 3. The van der Waals surface area contributed by atoms with Crippen LogP contribution in [0.1, 0.15) is 22.8 Å². The molecule has 1 heterocycles. The zero-order valence-corrected chi connectivity index (χ0v) is 18.0. The number of carbonyl (C=O) groups is 1. The lowest BCUT2D eigenvalue weighted by Crippen LogP contribution is -2.36. The molecule has 0 saturated heterocycles. The molecule has 32 heavy (non-hydrogen) atoms. The zero-order chi connectivity index (χ0) is 22.3. The highest BCUT2D eigenvalue weighted by atomic mass is 16.2. The Hall–Kier alpha value is -3.99. The predicted octanol–water partition coefficient (Wildman–Crippen LogP) is 4.57. The van der Waals surface area contributed by atoms with E-state index >= 15 is 0 Å². The van der Waals surface area contributed by atoms with Crippen molar-refractivity contribution in [2.24, 2.45) is 0 Å². The molecule has 160 valence electrons. The van der Waals surface area contributed by atoms with Crippen molar-refractivity contribution in [2.75, 3.05) is 6.54 Å². The summed E-state index contributed by atoms with van der Waals surface area (Å²) in [6, 6.07) is 29.1. The van der Waals surface area contributed by atoms with Crippen molar-refractivity contribution in [2.45, 2.75) is 19.9 Å². The molecule has 0 saturated carbocycles. The van der Waals surface area contributed by atoms with E-state index in [1.54, 1.807) is 0 Å². The Kier molecular flexibility index (Phi) is 6.56. The van der Waals surface area contributed by atoms with Gasteiger partial charge in [-0.25, -0.2) is 4.68 Å². The van der Waals surface area contributed by atoms with Gasteiger partial charge in [-0.2, -0.15) is 5.10 Å². The maximum Gasteiger partial charge on any atom is 0.280 e. The summed E-state index contributed by atoms with van der Waals surface area (Å²) < 4.78 is 1.36. The van der Waals surface area contributed by atoms with Crippen LogP contribution in [0.25, 0.3) is 22.4 Å². The van der Waals surface area contributed by atoms with Crippen molar-refractivity contribution in [3.8, 4) is 22.4 Å². The molecule has 4 rings (SSSR count). The first-order valence-electron chi connectivity index (χ1n) is 10.8. The third-order valence-electron chi connectivity index (χ3n) is 5.33. The number of nitrogens with one attached hydrogen (secondary N) is 1. The number of amides is 1. The molecule has 1 aromatic heterocycles. The Labute approximate surface area is 187 Å². The number of hydrogen-bond acceptors (Lipinski definition) is 3. The fraction of sp³-hybridized carbons (Fsp3) is 0.148. The smallest absolute Gasteiger partial charge is 0.280 e. The molecule has 0 radical (unpaired) electrons. The second kappa shape index (κ2) is 9.88. The molecular formula is C27H25N3O2. The molecular weight excluding hydrogens is 398 g/mol. The molecule has 0 aliphatic carbocycles. The largest absolute Gasteiger partial charge is 0.352 e. The molecule has 0 bridgehead atoms. The number of carbonyl (C=O) groups excluding carboxylic acids is 1. The highest BCUT2D eigenvalue weighted by Gasteiger charge is 2.24. The molecule has 0 atom stereocenters. The number of aryl methyl sites for hydroxylation is 1. The quantitative estimate of drug-likeness (QED) is 0.474. The molecule has 4 aromatic rings. The summed E-state index contributed by atoms with van der Waals surface area (Å²) in [6.07, 6.45) is 0.686. The second-order valence-electron chi connectivity index (χ2n) is 7.44. The van der Waals surface area contributed by atoms with Crippen molar-refractivity contribution in [3.05, 3.63) is 112 Å². The van der Waals surface area contributed by atoms with E-state index in [4.69, 9.17) is 0 Å². The van der Waals surface area contributed by atoms with Crippen molar-refractivity contribution >= 4 is 5.91 Å². The van der Waals surface area contributed by atoms with E-state index in [1.165, 1.54) is 4.68 Å². The van der Waals surface area contributed by atoms with Crippen LogP contribution in [0, 0.1) is 0 Å². The van der Waals surface area contributed by atoms with Gasteiger partial charge in [-0.15, -0.1) is 0 Å². The van der Waals surface area contributed by atoms with Crippen LogP contribution in [0.15, 0.2) is 95.8 Å². The van der Waals surface area contributed by atoms with Crippen molar-refractivity contribution in [1.82, 2.24) is 15.1 Å². The van der Waals surface area contributed by atoms with Crippen molar-refractivity contribution in [1.29, 1.82) is 0 Å². The Morgan fingerprint density at radius 1 is 0.844 bits per heavy atom. The van der Waals surface area contributed by atoms with Gasteiger partial charge in [0.15, 0.2) is 0 Å². The number of nitrogens with zero attached hydrogens (tertiary/aromatic N) is 2. The van der Waals surface area contributed by atoms with Gasteiger partial charge >= 0.3 is 0 Å². The van der Waals surface area contributed by atoms with Gasteiger partial charge in [0.1, 0.15) is 5.56 Å². The average Bonchev–Trinajstić information content (AvgIpc) is 2.85. The molecule has 0 fully saturated rings. The summed E-state index contributed by atoms with van der Waals surface area (Å²) in [5.41, 5.74) is 3.68. The van der Waals surface area contributed by atoms with E-state index in [1.807, 2.05) is 97.9 Å². The van der Waals surface area contributed by atoms with Crippen molar-refractivity contribution in [3.63, 3.8) is 0 Å². The third-order valence-corrected chi connectivity index (χ3v) is 5.33. The summed E-state index contributed by atoms with van der Waals surface area (Å²) in [7, 11) is 0. The zero-order valence-electron chi connectivity index (χ0n) is 18.0. The van der Waals surface area contributed by atoms with Gasteiger partial charge in [-0.1, -0.05) is 91.0 Å². The Morgan fingerprint density at radius 3 is 2.00 bits per heavy atom. The second-order valence-corrected chi connectivity index (χ2v) is 7.44. The first-order chi connectivity index (χ1) is 15.7. The fourth-order valence-electron chi connectivity index (χ4n) is 3.73. The van der Waals surface area contributed by atoms with E-state index in [-0.39, 0.29) is 17.0 Å². The predicted molar refractivity (Wildman–Crippen MR) is 128 cm³/mol. The van der Waals surface area contributed by atoms with Crippen LogP contribution in [-0.4, -0.2) is 22.2 Å². The Bertz CT molecular complexity index is 1250. The number of aromatic nitrogens is 2. The van der Waals surface area contributed by atoms with Crippen LogP contribution in [0.2, 0.25) is 0 Å². The van der Waals surface area contributed by atoms with E-state index < -0.39 is 0 Å². The first kappa shape index (κ1) is 21.2. The van der Waals surface area contributed by atoms with Gasteiger partial charge in [-0.3, -0.25) is 9.59 Å².